The number of alkyl halides is 3. The monoisotopic (exact) mass is 514 g/mol. The summed E-state index contributed by atoms with van der Waals surface area (Å²) in [5, 5.41) is 11.7. The third-order valence-electron chi connectivity index (χ3n) is 4.88. The van der Waals surface area contributed by atoms with E-state index >= 15 is 0 Å². The topological polar surface area (TPSA) is 59.8 Å². The van der Waals surface area contributed by atoms with Crippen molar-refractivity contribution < 1.29 is 18.0 Å². The van der Waals surface area contributed by atoms with Crippen LogP contribution < -0.4 is 5.32 Å². The van der Waals surface area contributed by atoms with Crippen LogP contribution in [0.5, 0.6) is 0 Å². The Bertz CT molecular complexity index is 1310. The van der Waals surface area contributed by atoms with E-state index in [4.69, 9.17) is 0 Å². The minimum absolute atomic E-state index is 0.0357. The SMILES string of the molecule is Cc1cccc(-n2c(CSc3ccccc3)nnc2SCC(=O)Nc2cccc(C(F)(F)F)c2)c1. The third kappa shape index (κ3) is 6.67. The highest BCUT2D eigenvalue weighted by Gasteiger charge is 2.30. The van der Waals surface area contributed by atoms with Crippen molar-refractivity contribution in [1.29, 1.82) is 0 Å². The molecule has 1 aromatic heterocycles. The molecule has 1 heterocycles. The lowest BCUT2D eigenvalue weighted by Gasteiger charge is -2.12. The van der Waals surface area contributed by atoms with Gasteiger partial charge in [0, 0.05) is 16.3 Å². The van der Waals surface area contributed by atoms with Gasteiger partial charge in [-0.3, -0.25) is 9.36 Å². The van der Waals surface area contributed by atoms with Crippen molar-refractivity contribution in [2.45, 2.75) is 28.9 Å². The number of anilines is 1. The Morgan fingerprint density at radius 2 is 1.71 bits per heavy atom. The van der Waals surface area contributed by atoms with Crippen LogP contribution in [0.2, 0.25) is 0 Å². The molecular formula is C25H21F3N4OS2. The second kappa shape index (κ2) is 11.0. The van der Waals surface area contributed by atoms with Crippen molar-refractivity contribution in [1.82, 2.24) is 14.8 Å². The number of thioether (sulfide) groups is 2. The molecule has 0 aliphatic heterocycles. The fourth-order valence-electron chi connectivity index (χ4n) is 3.28. The number of aromatic nitrogens is 3. The third-order valence-corrected chi connectivity index (χ3v) is 6.81. The molecule has 0 aliphatic rings. The van der Waals surface area contributed by atoms with Crippen molar-refractivity contribution >= 4 is 35.1 Å². The summed E-state index contributed by atoms with van der Waals surface area (Å²) >= 11 is 2.80. The van der Waals surface area contributed by atoms with Gasteiger partial charge < -0.3 is 5.32 Å². The molecule has 4 rings (SSSR count). The smallest absolute Gasteiger partial charge is 0.325 e. The molecule has 0 spiro atoms. The molecule has 0 saturated heterocycles. The highest BCUT2D eigenvalue weighted by Crippen LogP contribution is 2.31. The number of hydrogen-bond acceptors (Lipinski definition) is 5. The molecule has 3 aromatic carbocycles. The molecule has 1 amide bonds. The minimum Gasteiger partial charge on any atom is -0.325 e. The Morgan fingerprint density at radius 1 is 0.943 bits per heavy atom. The Hall–Kier alpha value is -3.24. The second-order valence-corrected chi connectivity index (χ2v) is 9.58. The normalized spacial score (nSPS) is 11.4. The number of benzene rings is 3. The number of halogens is 3. The van der Waals surface area contributed by atoms with Gasteiger partial charge in [-0.2, -0.15) is 13.2 Å². The van der Waals surface area contributed by atoms with Gasteiger partial charge in [-0.05, 0) is 55.0 Å². The van der Waals surface area contributed by atoms with Gasteiger partial charge in [-0.25, -0.2) is 0 Å². The highest BCUT2D eigenvalue weighted by atomic mass is 32.2. The largest absolute Gasteiger partial charge is 0.416 e. The molecule has 0 radical (unpaired) electrons. The number of amides is 1. The summed E-state index contributed by atoms with van der Waals surface area (Å²) in [5.41, 5.74) is 1.21. The quantitative estimate of drug-likeness (QED) is 0.268. The second-order valence-electron chi connectivity index (χ2n) is 7.59. The summed E-state index contributed by atoms with van der Waals surface area (Å²) < 4.78 is 40.7. The summed E-state index contributed by atoms with van der Waals surface area (Å²) in [6, 6.07) is 22.4. The first-order valence-electron chi connectivity index (χ1n) is 10.6. The first kappa shape index (κ1) is 24.9. The van der Waals surface area contributed by atoms with Crippen molar-refractivity contribution in [2.75, 3.05) is 11.1 Å². The summed E-state index contributed by atoms with van der Waals surface area (Å²) in [4.78, 5) is 13.6. The minimum atomic E-state index is -4.48. The number of carbonyl (C=O) groups excluding carboxylic acids is 1. The van der Waals surface area contributed by atoms with Crippen LogP contribution in [-0.2, 0) is 16.7 Å². The van der Waals surface area contributed by atoms with Gasteiger partial charge in [-0.1, -0.05) is 48.2 Å². The fourth-order valence-corrected chi connectivity index (χ4v) is 4.88. The van der Waals surface area contributed by atoms with Crippen LogP contribution in [0.1, 0.15) is 17.0 Å². The van der Waals surface area contributed by atoms with E-state index in [9.17, 15) is 18.0 Å². The summed E-state index contributed by atoms with van der Waals surface area (Å²) in [6.45, 7) is 1.99. The van der Waals surface area contributed by atoms with Gasteiger partial charge >= 0.3 is 6.18 Å². The van der Waals surface area contributed by atoms with Crippen LogP contribution in [-0.4, -0.2) is 26.4 Å². The average Bonchev–Trinajstić information content (AvgIpc) is 3.24. The van der Waals surface area contributed by atoms with E-state index in [0.29, 0.717) is 10.9 Å². The average molecular weight is 515 g/mol. The lowest BCUT2D eigenvalue weighted by Crippen LogP contribution is -2.15. The zero-order valence-corrected chi connectivity index (χ0v) is 20.3. The summed E-state index contributed by atoms with van der Waals surface area (Å²) in [7, 11) is 0. The van der Waals surface area contributed by atoms with Gasteiger partial charge in [0.1, 0.15) is 5.82 Å². The maximum atomic E-state index is 12.9. The fraction of sp³-hybridized carbons (Fsp3) is 0.160. The number of hydrogen-bond donors (Lipinski definition) is 1. The lowest BCUT2D eigenvalue weighted by atomic mass is 10.2. The van der Waals surface area contributed by atoms with Crippen molar-refractivity contribution in [3.05, 3.63) is 95.8 Å². The Morgan fingerprint density at radius 3 is 2.46 bits per heavy atom. The number of carbonyl (C=O) groups is 1. The van der Waals surface area contributed by atoms with E-state index in [1.165, 1.54) is 23.9 Å². The molecule has 0 fully saturated rings. The Balaban J connectivity index is 1.50. The molecule has 5 nitrogen and oxygen atoms in total. The van der Waals surface area contributed by atoms with E-state index in [1.807, 2.05) is 66.1 Å². The number of nitrogens with one attached hydrogen (secondary N) is 1. The molecule has 0 saturated carbocycles. The molecule has 10 heteroatoms. The number of rotatable bonds is 8. The summed E-state index contributed by atoms with van der Waals surface area (Å²) in [5.74, 6) is 0.826. The standard InChI is InChI=1S/C25H21F3N4OS2/c1-17-7-5-10-20(13-17)32-22(15-34-21-11-3-2-4-12-21)30-31-24(32)35-16-23(33)29-19-9-6-8-18(14-19)25(26,27)28/h2-14H,15-16H2,1H3,(H,29,33). The maximum absolute atomic E-state index is 12.9. The molecular weight excluding hydrogens is 493 g/mol. The predicted molar refractivity (Wildman–Crippen MR) is 133 cm³/mol. The molecule has 0 atom stereocenters. The van der Waals surface area contributed by atoms with Crippen LogP contribution in [0.3, 0.4) is 0 Å². The van der Waals surface area contributed by atoms with Gasteiger partial charge in [-0.15, -0.1) is 22.0 Å². The van der Waals surface area contributed by atoms with E-state index in [-0.39, 0.29) is 11.4 Å². The van der Waals surface area contributed by atoms with E-state index < -0.39 is 17.6 Å². The van der Waals surface area contributed by atoms with Gasteiger partial charge in [0.25, 0.3) is 0 Å². The Labute approximate surface area is 209 Å². The highest BCUT2D eigenvalue weighted by molar-refractivity contribution is 7.99. The van der Waals surface area contributed by atoms with Crippen LogP contribution in [0, 0.1) is 6.92 Å². The first-order chi connectivity index (χ1) is 16.8. The van der Waals surface area contributed by atoms with E-state index in [1.54, 1.807) is 11.8 Å². The molecule has 0 bridgehead atoms. The molecule has 1 N–H and O–H groups in total. The van der Waals surface area contributed by atoms with Crippen LogP contribution in [0.4, 0.5) is 18.9 Å². The van der Waals surface area contributed by atoms with Gasteiger partial charge in [0.2, 0.25) is 5.91 Å². The zero-order valence-electron chi connectivity index (χ0n) is 18.6. The molecule has 0 aliphatic carbocycles. The Kier molecular flexibility index (Phi) is 7.82. The number of nitrogens with zero attached hydrogens (tertiary/aromatic N) is 3. The van der Waals surface area contributed by atoms with Crippen LogP contribution >= 0.6 is 23.5 Å². The predicted octanol–water partition coefficient (Wildman–Crippen LogP) is 6.62. The lowest BCUT2D eigenvalue weighted by molar-refractivity contribution is -0.137. The molecule has 180 valence electrons. The number of aryl methyl sites for hydroxylation is 1. The van der Waals surface area contributed by atoms with Gasteiger partial charge in [0.15, 0.2) is 5.16 Å². The van der Waals surface area contributed by atoms with E-state index in [0.717, 1.165) is 34.1 Å². The summed E-state index contributed by atoms with van der Waals surface area (Å²) in [6.07, 6.45) is -4.48. The molecule has 4 aromatic rings. The van der Waals surface area contributed by atoms with Crippen LogP contribution in [0.25, 0.3) is 5.69 Å². The first-order valence-corrected chi connectivity index (χ1v) is 12.6. The van der Waals surface area contributed by atoms with Gasteiger partial charge in [0.05, 0.1) is 17.1 Å². The zero-order chi connectivity index (χ0) is 24.8. The van der Waals surface area contributed by atoms with E-state index in [2.05, 4.69) is 15.5 Å². The molecule has 35 heavy (non-hydrogen) atoms. The van der Waals surface area contributed by atoms with Crippen molar-refractivity contribution in [2.24, 2.45) is 0 Å². The molecule has 0 unspecified atom stereocenters. The maximum Gasteiger partial charge on any atom is 0.416 e. The van der Waals surface area contributed by atoms with Crippen LogP contribution in [0.15, 0.2) is 88.9 Å². The van der Waals surface area contributed by atoms with Crippen molar-refractivity contribution in [3.63, 3.8) is 0 Å². The van der Waals surface area contributed by atoms with Crippen molar-refractivity contribution in [3.8, 4) is 5.69 Å².